The molecule has 1 aromatic carbocycles. The van der Waals surface area contributed by atoms with Crippen LogP contribution < -0.4 is 5.32 Å². The maximum absolute atomic E-state index is 11.1. The van der Waals surface area contributed by atoms with Gasteiger partial charge in [-0.1, -0.05) is 0 Å². The van der Waals surface area contributed by atoms with Gasteiger partial charge in [-0.25, -0.2) is 9.97 Å². The number of nitrogens with one attached hydrogen (secondary N) is 1. The van der Waals surface area contributed by atoms with Crippen LogP contribution in [0.2, 0.25) is 0 Å². The van der Waals surface area contributed by atoms with Crippen molar-refractivity contribution in [3.63, 3.8) is 0 Å². The second-order valence-electron chi connectivity index (χ2n) is 3.64. The molecule has 2 aromatic rings. The number of ketones is 1. The zero-order valence-electron chi connectivity index (χ0n) is 9.71. The highest BCUT2D eigenvalue weighted by atomic mass is 16.1. The molecule has 0 radical (unpaired) electrons. The average molecular weight is 238 g/mol. The predicted molar refractivity (Wildman–Crippen MR) is 66.5 cm³/mol. The van der Waals surface area contributed by atoms with Crippen LogP contribution in [-0.2, 0) is 0 Å². The largest absolute Gasteiger partial charge is 0.324 e. The summed E-state index contributed by atoms with van der Waals surface area (Å²) < 4.78 is 0. The van der Waals surface area contributed by atoms with Crippen LogP contribution in [0.15, 0.2) is 36.5 Å². The number of carbonyl (C=O) groups excluding carboxylic acids is 1. The van der Waals surface area contributed by atoms with Gasteiger partial charge in [0.15, 0.2) is 5.78 Å². The molecule has 5 heteroatoms. The third-order valence-electron chi connectivity index (χ3n) is 2.32. The van der Waals surface area contributed by atoms with Gasteiger partial charge >= 0.3 is 0 Å². The van der Waals surface area contributed by atoms with E-state index >= 15 is 0 Å². The molecule has 1 aromatic heterocycles. The van der Waals surface area contributed by atoms with Crippen molar-refractivity contribution < 1.29 is 4.79 Å². The van der Waals surface area contributed by atoms with Crippen molar-refractivity contribution in [2.45, 2.75) is 6.92 Å². The van der Waals surface area contributed by atoms with E-state index in [1.165, 1.54) is 19.2 Å². The highest BCUT2D eigenvalue weighted by Crippen LogP contribution is 2.14. The Morgan fingerprint density at radius 2 is 2.00 bits per heavy atom. The molecule has 2 rings (SSSR count). The fourth-order valence-corrected chi connectivity index (χ4v) is 1.40. The first-order chi connectivity index (χ1) is 8.69. The minimum absolute atomic E-state index is 0.0178. The second-order valence-corrected chi connectivity index (χ2v) is 3.64. The number of anilines is 2. The van der Waals surface area contributed by atoms with E-state index in [0.29, 0.717) is 17.2 Å². The smallest absolute Gasteiger partial charge is 0.228 e. The first-order valence-corrected chi connectivity index (χ1v) is 5.30. The third-order valence-corrected chi connectivity index (χ3v) is 2.32. The molecule has 0 amide bonds. The van der Waals surface area contributed by atoms with Crippen LogP contribution in [0.3, 0.4) is 0 Å². The zero-order valence-corrected chi connectivity index (χ0v) is 9.71. The monoisotopic (exact) mass is 238 g/mol. The van der Waals surface area contributed by atoms with E-state index in [0.717, 1.165) is 5.69 Å². The minimum atomic E-state index is 0.0178. The molecule has 0 unspecified atom stereocenters. The van der Waals surface area contributed by atoms with Gasteiger partial charge in [-0.05, 0) is 37.3 Å². The fraction of sp³-hybridized carbons (Fsp3) is 0.0769. The van der Waals surface area contributed by atoms with Crippen molar-refractivity contribution in [2.24, 2.45) is 0 Å². The molecular weight excluding hydrogens is 228 g/mol. The van der Waals surface area contributed by atoms with E-state index in [1.54, 1.807) is 24.3 Å². The fourth-order valence-electron chi connectivity index (χ4n) is 1.40. The van der Waals surface area contributed by atoms with Crippen LogP contribution in [0.4, 0.5) is 11.6 Å². The molecule has 0 aliphatic carbocycles. The summed E-state index contributed by atoms with van der Waals surface area (Å²) in [4.78, 5) is 19.1. The molecule has 5 nitrogen and oxygen atoms in total. The van der Waals surface area contributed by atoms with E-state index in [-0.39, 0.29) is 5.78 Å². The number of Topliss-reactive ketones (excluding diaryl/α,β-unsaturated/α-hetero) is 1. The molecule has 0 fully saturated rings. The topological polar surface area (TPSA) is 78.7 Å². The summed E-state index contributed by atoms with van der Waals surface area (Å²) in [5.41, 5.74) is 1.70. The van der Waals surface area contributed by atoms with E-state index in [1.807, 2.05) is 6.07 Å². The van der Waals surface area contributed by atoms with Crippen molar-refractivity contribution in [3.8, 4) is 6.07 Å². The highest BCUT2D eigenvalue weighted by Gasteiger charge is 2.01. The third kappa shape index (κ3) is 2.68. The van der Waals surface area contributed by atoms with Crippen LogP contribution in [0.5, 0.6) is 0 Å². The molecule has 18 heavy (non-hydrogen) atoms. The van der Waals surface area contributed by atoms with Crippen molar-refractivity contribution >= 4 is 17.4 Å². The number of nitrogens with zero attached hydrogens (tertiary/aromatic N) is 3. The van der Waals surface area contributed by atoms with Gasteiger partial charge in [-0.2, -0.15) is 5.26 Å². The number of nitriles is 1. The number of hydrogen-bond acceptors (Lipinski definition) is 5. The van der Waals surface area contributed by atoms with Gasteiger partial charge in [0, 0.05) is 17.4 Å². The first kappa shape index (κ1) is 11.7. The molecule has 1 N–H and O–H groups in total. The summed E-state index contributed by atoms with van der Waals surface area (Å²) in [6.07, 6.45) is 1.51. The van der Waals surface area contributed by atoms with Crippen molar-refractivity contribution in [1.29, 1.82) is 5.26 Å². The molecule has 0 aliphatic heterocycles. The van der Waals surface area contributed by atoms with Gasteiger partial charge < -0.3 is 5.32 Å². The van der Waals surface area contributed by atoms with Gasteiger partial charge in [-0.15, -0.1) is 0 Å². The molecule has 0 aliphatic rings. The first-order valence-electron chi connectivity index (χ1n) is 5.30. The molecule has 1 heterocycles. The summed E-state index contributed by atoms with van der Waals surface area (Å²) in [5.74, 6) is 0.369. The Labute approximate surface area is 104 Å². The molecule has 0 saturated carbocycles. The van der Waals surface area contributed by atoms with E-state index < -0.39 is 0 Å². The maximum atomic E-state index is 11.1. The Bertz CT molecular complexity index is 614. The summed E-state index contributed by atoms with van der Waals surface area (Å²) >= 11 is 0. The van der Waals surface area contributed by atoms with Gasteiger partial charge in [0.25, 0.3) is 0 Å². The molecule has 0 bridgehead atoms. The SMILES string of the molecule is CC(=O)c1ccc(Nc2nccc(C#N)n2)cc1. The summed E-state index contributed by atoms with van der Waals surface area (Å²) in [7, 11) is 0. The Morgan fingerprint density at radius 1 is 1.28 bits per heavy atom. The molecule has 0 spiro atoms. The Balaban J connectivity index is 2.18. The standard InChI is InChI=1S/C13H10N4O/c1-9(18)10-2-4-11(5-3-10)16-13-15-7-6-12(8-14)17-13/h2-7H,1H3,(H,15,16,17). The highest BCUT2D eigenvalue weighted by molar-refractivity contribution is 5.94. The van der Waals surface area contributed by atoms with Gasteiger partial charge in [0.1, 0.15) is 11.8 Å². The van der Waals surface area contributed by atoms with Gasteiger partial charge in [0.2, 0.25) is 5.95 Å². The number of rotatable bonds is 3. The number of benzene rings is 1. The van der Waals surface area contributed by atoms with Crippen LogP contribution in [0, 0.1) is 11.3 Å². The van der Waals surface area contributed by atoms with Crippen LogP contribution in [0.25, 0.3) is 0 Å². The lowest BCUT2D eigenvalue weighted by atomic mass is 10.1. The summed E-state index contributed by atoms with van der Waals surface area (Å²) in [5, 5.41) is 11.7. The minimum Gasteiger partial charge on any atom is -0.324 e. The number of hydrogen-bond donors (Lipinski definition) is 1. The molecule has 88 valence electrons. The maximum Gasteiger partial charge on any atom is 0.228 e. The predicted octanol–water partition coefficient (Wildman–Crippen LogP) is 2.29. The zero-order chi connectivity index (χ0) is 13.0. The van der Waals surface area contributed by atoms with Crippen LogP contribution in [-0.4, -0.2) is 15.8 Å². The van der Waals surface area contributed by atoms with Crippen molar-refractivity contribution in [1.82, 2.24) is 9.97 Å². The average Bonchev–Trinajstić information content (AvgIpc) is 2.39. The second kappa shape index (κ2) is 5.06. The Hall–Kier alpha value is -2.74. The van der Waals surface area contributed by atoms with Gasteiger partial charge in [0.05, 0.1) is 0 Å². The van der Waals surface area contributed by atoms with E-state index in [9.17, 15) is 4.79 Å². The van der Waals surface area contributed by atoms with E-state index in [2.05, 4.69) is 15.3 Å². The Kier molecular flexibility index (Phi) is 3.30. The molecule has 0 atom stereocenters. The lowest BCUT2D eigenvalue weighted by Crippen LogP contribution is -1.98. The summed E-state index contributed by atoms with van der Waals surface area (Å²) in [6, 6.07) is 10.4. The lowest BCUT2D eigenvalue weighted by Gasteiger charge is -2.04. The van der Waals surface area contributed by atoms with Crippen molar-refractivity contribution in [2.75, 3.05) is 5.32 Å². The van der Waals surface area contributed by atoms with Crippen molar-refractivity contribution in [3.05, 3.63) is 47.8 Å². The lowest BCUT2D eigenvalue weighted by molar-refractivity contribution is 0.101. The normalized spacial score (nSPS) is 9.56. The van der Waals surface area contributed by atoms with Crippen LogP contribution >= 0.6 is 0 Å². The molecule has 0 saturated heterocycles. The quantitative estimate of drug-likeness (QED) is 0.830. The summed E-state index contributed by atoms with van der Waals surface area (Å²) in [6.45, 7) is 1.52. The van der Waals surface area contributed by atoms with E-state index in [4.69, 9.17) is 5.26 Å². The van der Waals surface area contributed by atoms with Gasteiger partial charge in [-0.3, -0.25) is 4.79 Å². The Morgan fingerprint density at radius 3 is 2.61 bits per heavy atom. The number of carbonyl (C=O) groups is 1. The molecular formula is C13H10N4O. The number of aromatic nitrogens is 2. The van der Waals surface area contributed by atoms with Crippen LogP contribution in [0.1, 0.15) is 23.0 Å².